The molecule has 2 aliphatic heterocycles. The molecule has 2 aliphatic rings. The quantitative estimate of drug-likeness (QED) is 0.498. The van der Waals surface area contributed by atoms with E-state index in [-0.39, 0.29) is 5.69 Å². The minimum absolute atomic E-state index is 0.107. The SMILES string of the molecule is COc1ccc([C@@H]2[C@@H]3C(=O)N(c4ccccc4F)C(=O)[C@H]3ON2c2ccccc2)c(OC)c1OC. The molecule has 180 valence electrons. The van der Waals surface area contributed by atoms with Crippen LogP contribution in [0.15, 0.2) is 66.7 Å². The van der Waals surface area contributed by atoms with Crippen LogP contribution in [0.4, 0.5) is 15.8 Å². The number of imide groups is 1. The molecule has 0 unspecified atom stereocenters. The number of amides is 2. The highest BCUT2D eigenvalue weighted by Gasteiger charge is 2.61. The van der Waals surface area contributed by atoms with Gasteiger partial charge in [0.15, 0.2) is 17.6 Å². The second-order valence-electron chi connectivity index (χ2n) is 8.04. The lowest BCUT2D eigenvalue weighted by molar-refractivity contribution is -0.126. The van der Waals surface area contributed by atoms with Crippen molar-refractivity contribution in [1.29, 1.82) is 0 Å². The lowest BCUT2D eigenvalue weighted by Crippen LogP contribution is -2.38. The minimum Gasteiger partial charge on any atom is -0.493 e. The molecule has 0 aliphatic carbocycles. The lowest BCUT2D eigenvalue weighted by Gasteiger charge is -2.30. The average Bonchev–Trinajstić information content (AvgIpc) is 3.39. The smallest absolute Gasteiger partial charge is 0.266 e. The van der Waals surface area contributed by atoms with Crippen LogP contribution in [0, 0.1) is 11.7 Å². The molecule has 35 heavy (non-hydrogen) atoms. The van der Waals surface area contributed by atoms with Gasteiger partial charge in [0.1, 0.15) is 17.8 Å². The molecule has 0 aromatic heterocycles. The van der Waals surface area contributed by atoms with Crippen LogP contribution in [0.2, 0.25) is 0 Å². The molecule has 3 aromatic rings. The van der Waals surface area contributed by atoms with Gasteiger partial charge in [-0.1, -0.05) is 30.3 Å². The molecule has 2 heterocycles. The van der Waals surface area contributed by atoms with Gasteiger partial charge in [-0.25, -0.2) is 14.4 Å². The topological polar surface area (TPSA) is 77.5 Å². The van der Waals surface area contributed by atoms with Gasteiger partial charge in [-0.3, -0.25) is 14.4 Å². The predicted molar refractivity (Wildman–Crippen MR) is 125 cm³/mol. The highest BCUT2D eigenvalue weighted by molar-refractivity contribution is 6.24. The van der Waals surface area contributed by atoms with E-state index in [1.165, 1.54) is 44.6 Å². The Morgan fingerprint density at radius 2 is 1.49 bits per heavy atom. The zero-order chi connectivity index (χ0) is 24.7. The largest absolute Gasteiger partial charge is 0.493 e. The van der Waals surface area contributed by atoms with Crippen molar-refractivity contribution in [3.63, 3.8) is 0 Å². The van der Waals surface area contributed by atoms with E-state index in [1.807, 2.05) is 30.3 Å². The Balaban J connectivity index is 1.67. The third-order valence-electron chi connectivity index (χ3n) is 6.27. The van der Waals surface area contributed by atoms with E-state index in [0.717, 1.165) is 4.90 Å². The maximum absolute atomic E-state index is 14.6. The highest BCUT2D eigenvalue weighted by atomic mass is 19.1. The van der Waals surface area contributed by atoms with Crippen LogP contribution in [0.1, 0.15) is 11.6 Å². The number of ether oxygens (including phenoxy) is 3. The van der Waals surface area contributed by atoms with Crippen LogP contribution in [-0.2, 0) is 14.4 Å². The summed E-state index contributed by atoms with van der Waals surface area (Å²) >= 11 is 0. The first-order chi connectivity index (χ1) is 17.0. The van der Waals surface area contributed by atoms with Crippen molar-refractivity contribution in [3.05, 3.63) is 78.1 Å². The molecule has 0 radical (unpaired) electrons. The number of halogens is 1. The predicted octanol–water partition coefficient (Wildman–Crippen LogP) is 3.90. The van der Waals surface area contributed by atoms with Gasteiger partial charge in [0, 0.05) is 5.56 Å². The molecule has 0 bridgehead atoms. The number of methoxy groups -OCH3 is 3. The maximum atomic E-state index is 14.6. The fourth-order valence-corrected chi connectivity index (χ4v) is 4.76. The first-order valence-corrected chi connectivity index (χ1v) is 10.9. The Kier molecular flexibility index (Phi) is 5.78. The van der Waals surface area contributed by atoms with E-state index in [0.29, 0.717) is 28.5 Å². The molecular formula is C26H23FN2O6. The van der Waals surface area contributed by atoms with Crippen LogP contribution in [0.3, 0.4) is 0 Å². The molecule has 2 saturated heterocycles. The van der Waals surface area contributed by atoms with Gasteiger partial charge in [-0.05, 0) is 36.4 Å². The minimum atomic E-state index is -1.15. The van der Waals surface area contributed by atoms with Crippen LogP contribution >= 0.6 is 0 Å². The van der Waals surface area contributed by atoms with E-state index < -0.39 is 35.7 Å². The monoisotopic (exact) mass is 478 g/mol. The molecule has 0 saturated carbocycles. The Bertz CT molecular complexity index is 1280. The average molecular weight is 478 g/mol. The van der Waals surface area contributed by atoms with Gasteiger partial charge in [0.25, 0.3) is 5.91 Å². The van der Waals surface area contributed by atoms with Gasteiger partial charge in [0.05, 0.1) is 32.7 Å². The van der Waals surface area contributed by atoms with E-state index in [2.05, 4.69) is 0 Å². The number of hydroxylamine groups is 1. The van der Waals surface area contributed by atoms with Crippen molar-refractivity contribution >= 4 is 23.2 Å². The summed E-state index contributed by atoms with van der Waals surface area (Å²) in [7, 11) is 4.47. The number of carbonyl (C=O) groups is 2. The Hall–Kier alpha value is -4.11. The number of hydrogen-bond donors (Lipinski definition) is 0. The molecule has 3 aromatic carbocycles. The Morgan fingerprint density at radius 3 is 2.14 bits per heavy atom. The molecule has 8 nitrogen and oxygen atoms in total. The van der Waals surface area contributed by atoms with E-state index >= 15 is 0 Å². The Morgan fingerprint density at radius 1 is 0.800 bits per heavy atom. The summed E-state index contributed by atoms with van der Waals surface area (Å²) in [6, 6.07) is 17.5. The summed E-state index contributed by atoms with van der Waals surface area (Å²) < 4.78 is 31.2. The first kappa shape index (κ1) is 22.7. The molecule has 5 rings (SSSR count). The fourth-order valence-electron chi connectivity index (χ4n) is 4.76. The highest BCUT2D eigenvalue weighted by Crippen LogP contribution is 2.52. The van der Waals surface area contributed by atoms with Crippen LogP contribution < -0.4 is 24.2 Å². The summed E-state index contributed by atoms with van der Waals surface area (Å²) in [5.74, 6) is -1.71. The number of anilines is 2. The molecule has 0 N–H and O–H groups in total. The molecule has 2 amide bonds. The third kappa shape index (κ3) is 3.47. The number of rotatable bonds is 6. The Labute approximate surface area is 201 Å². The number of fused-ring (bicyclic) bond motifs is 1. The molecule has 3 atom stereocenters. The molecule has 2 fully saturated rings. The summed E-state index contributed by atoms with van der Waals surface area (Å²) in [6.07, 6.45) is -1.15. The third-order valence-corrected chi connectivity index (χ3v) is 6.27. The molecule has 0 spiro atoms. The van der Waals surface area contributed by atoms with Gasteiger partial charge in [-0.15, -0.1) is 0 Å². The number of hydrogen-bond acceptors (Lipinski definition) is 7. The second-order valence-corrected chi connectivity index (χ2v) is 8.04. The van der Waals surface area contributed by atoms with Crippen molar-refractivity contribution in [3.8, 4) is 17.2 Å². The van der Waals surface area contributed by atoms with Crippen molar-refractivity contribution in [2.45, 2.75) is 12.1 Å². The van der Waals surface area contributed by atoms with Gasteiger partial charge >= 0.3 is 0 Å². The van der Waals surface area contributed by atoms with Crippen molar-refractivity contribution in [2.24, 2.45) is 5.92 Å². The number of carbonyl (C=O) groups excluding carboxylic acids is 2. The summed E-state index contributed by atoms with van der Waals surface area (Å²) in [6.45, 7) is 0. The summed E-state index contributed by atoms with van der Waals surface area (Å²) in [5, 5.41) is 1.54. The second kappa shape index (κ2) is 8.92. The number of nitrogens with zero attached hydrogens (tertiary/aromatic N) is 2. The van der Waals surface area contributed by atoms with Crippen molar-refractivity contribution in [2.75, 3.05) is 31.3 Å². The van der Waals surface area contributed by atoms with Crippen LogP contribution in [0.25, 0.3) is 0 Å². The number of para-hydroxylation sites is 2. The standard InChI is InChI=1S/C26H23FN2O6/c1-32-19-14-13-16(22(33-2)23(19)34-3)21-20-24(35-29(21)15-9-5-4-6-10-15)26(31)28(25(20)30)18-12-8-7-11-17(18)27/h4-14,20-21,24H,1-3H3/t20-,21+,24-/m0/s1. The fraction of sp³-hybridized carbons (Fsp3) is 0.231. The van der Waals surface area contributed by atoms with Crippen molar-refractivity contribution < 1.29 is 33.0 Å². The van der Waals surface area contributed by atoms with Crippen molar-refractivity contribution in [1.82, 2.24) is 0 Å². The molecular weight excluding hydrogens is 455 g/mol. The zero-order valence-corrected chi connectivity index (χ0v) is 19.3. The van der Waals surface area contributed by atoms with Crippen LogP contribution in [-0.4, -0.2) is 39.2 Å². The van der Waals surface area contributed by atoms with Gasteiger partial charge < -0.3 is 14.2 Å². The van der Waals surface area contributed by atoms with Gasteiger partial charge in [0.2, 0.25) is 11.7 Å². The van der Waals surface area contributed by atoms with E-state index in [1.54, 1.807) is 18.2 Å². The van der Waals surface area contributed by atoms with E-state index in [4.69, 9.17) is 19.0 Å². The molecule has 9 heteroatoms. The maximum Gasteiger partial charge on any atom is 0.266 e. The zero-order valence-electron chi connectivity index (χ0n) is 19.3. The summed E-state index contributed by atoms with van der Waals surface area (Å²) in [4.78, 5) is 34.1. The summed E-state index contributed by atoms with van der Waals surface area (Å²) in [5.41, 5.74) is 1.09. The van der Waals surface area contributed by atoms with Crippen LogP contribution in [0.5, 0.6) is 17.2 Å². The van der Waals surface area contributed by atoms with E-state index in [9.17, 15) is 14.0 Å². The number of benzene rings is 3. The lowest BCUT2D eigenvalue weighted by atomic mass is 9.89. The first-order valence-electron chi connectivity index (χ1n) is 10.9. The van der Waals surface area contributed by atoms with Gasteiger partial charge in [-0.2, -0.15) is 0 Å². The normalized spacial score (nSPS) is 21.3.